The number of benzene rings is 2. The summed E-state index contributed by atoms with van der Waals surface area (Å²) in [6.45, 7) is 1.43. The third-order valence-corrected chi connectivity index (χ3v) is 5.51. The van der Waals surface area contributed by atoms with Crippen LogP contribution < -0.4 is 4.74 Å². The summed E-state index contributed by atoms with van der Waals surface area (Å²) in [7, 11) is 0. The molecular weight excluding hydrogens is 312 g/mol. The van der Waals surface area contributed by atoms with Crippen LogP contribution in [0, 0.1) is 0 Å². The molecule has 2 aromatic rings. The number of hydrogen-bond acceptors (Lipinski definition) is 3. The Kier molecular flexibility index (Phi) is 4.24. The molecule has 0 radical (unpaired) electrons. The molecule has 2 aliphatic carbocycles. The van der Waals surface area contributed by atoms with Gasteiger partial charge in [-0.25, -0.2) is 0 Å². The van der Waals surface area contributed by atoms with E-state index in [1.54, 1.807) is 6.07 Å². The number of aromatic hydroxyl groups is 1. The van der Waals surface area contributed by atoms with Crippen molar-refractivity contribution in [3.63, 3.8) is 0 Å². The molecule has 0 atom stereocenters. The monoisotopic (exact) mass is 336 g/mol. The van der Waals surface area contributed by atoms with Crippen molar-refractivity contribution in [2.24, 2.45) is 0 Å². The minimum atomic E-state index is -0.318. The number of fused-ring (bicyclic) bond motifs is 2. The first kappa shape index (κ1) is 16.2. The molecule has 0 saturated carbocycles. The van der Waals surface area contributed by atoms with Gasteiger partial charge in [0.2, 0.25) is 0 Å². The first-order valence-corrected chi connectivity index (χ1v) is 9.32. The lowest BCUT2D eigenvalue weighted by Crippen LogP contribution is -2.11. The molecule has 0 aliphatic heterocycles. The predicted molar refractivity (Wildman–Crippen MR) is 98.1 cm³/mol. The van der Waals surface area contributed by atoms with Crippen molar-refractivity contribution >= 4 is 5.97 Å². The van der Waals surface area contributed by atoms with Gasteiger partial charge in [0.15, 0.2) is 0 Å². The standard InChI is InChI=1S/C22H24O3/c1-14(23)25-20-13-11-16-7-3-5-9-18(16)22(20)21-17-8-4-2-6-15(17)10-12-19(21)24/h10-13,24H,2-9H2,1H3. The van der Waals surface area contributed by atoms with E-state index >= 15 is 0 Å². The molecule has 3 heteroatoms. The van der Waals surface area contributed by atoms with E-state index in [-0.39, 0.29) is 5.97 Å². The van der Waals surface area contributed by atoms with Crippen molar-refractivity contribution in [3.8, 4) is 22.6 Å². The number of esters is 1. The minimum Gasteiger partial charge on any atom is -0.507 e. The SMILES string of the molecule is CC(=O)Oc1ccc2c(c1-c1c(O)ccc3c1CCCC3)CCCC2. The van der Waals surface area contributed by atoms with Gasteiger partial charge < -0.3 is 9.84 Å². The van der Waals surface area contributed by atoms with E-state index in [2.05, 4.69) is 6.07 Å². The van der Waals surface area contributed by atoms with Crippen molar-refractivity contribution in [1.82, 2.24) is 0 Å². The molecule has 0 amide bonds. The smallest absolute Gasteiger partial charge is 0.308 e. The molecule has 0 bridgehead atoms. The second kappa shape index (κ2) is 6.55. The minimum absolute atomic E-state index is 0.299. The van der Waals surface area contributed by atoms with Gasteiger partial charge in [-0.15, -0.1) is 0 Å². The zero-order valence-corrected chi connectivity index (χ0v) is 14.7. The van der Waals surface area contributed by atoms with Gasteiger partial charge in [0.25, 0.3) is 0 Å². The zero-order chi connectivity index (χ0) is 17.4. The molecule has 3 nitrogen and oxygen atoms in total. The van der Waals surface area contributed by atoms with Gasteiger partial charge in [0.05, 0.1) is 0 Å². The Bertz CT molecular complexity index is 836. The van der Waals surface area contributed by atoms with E-state index in [4.69, 9.17) is 4.74 Å². The van der Waals surface area contributed by atoms with Crippen LogP contribution in [0.15, 0.2) is 24.3 Å². The number of carbonyl (C=O) groups excluding carboxylic acids is 1. The normalized spacial score (nSPS) is 16.0. The van der Waals surface area contributed by atoms with Gasteiger partial charge >= 0.3 is 5.97 Å². The van der Waals surface area contributed by atoms with E-state index in [1.165, 1.54) is 42.0 Å². The third-order valence-electron chi connectivity index (χ3n) is 5.51. The molecule has 130 valence electrons. The molecule has 0 spiro atoms. The van der Waals surface area contributed by atoms with Crippen LogP contribution in [-0.2, 0) is 30.5 Å². The molecule has 25 heavy (non-hydrogen) atoms. The zero-order valence-electron chi connectivity index (χ0n) is 14.7. The van der Waals surface area contributed by atoms with Crippen molar-refractivity contribution in [1.29, 1.82) is 0 Å². The summed E-state index contributed by atoms with van der Waals surface area (Å²) in [5, 5.41) is 10.7. The van der Waals surface area contributed by atoms with E-state index in [9.17, 15) is 9.90 Å². The van der Waals surface area contributed by atoms with Crippen LogP contribution in [0.2, 0.25) is 0 Å². The highest BCUT2D eigenvalue weighted by Crippen LogP contribution is 2.46. The highest BCUT2D eigenvalue weighted by molar-refractivity contribution is 5.85. The Morgan fingerprint density at radius 2 is 1.40 bits per heavy atom. The van der Waals surface area contributed by atoms with Crippen molar-refractivity contribution in [3.05, 3.63) is 46.5 Å². The lowest BCUT2D eigenvalue weighted by Gasteiger charge is -2.26. The first-order valence-electron chi connectivity index (χ1n) is 9.32. The molecule has 2 aromatic carbocycles. The van der Waals surface area contributed by atoms with Crippen LogP contribution in [0.3, 0.4) is 0 Å². The number of carbonyl (C=O) groups is 1. The predicted octanol–water partition coefficient (Wildman–Crippen LogP) is 4.74. The Hall–Kier alpha value is -2.29. The summed E-state index contributed by atoms with van der Waals surface area (Å²) >= 11 is 0. The average molecular weight is 336 g/mol. The molecule has 0 aromatic heterocycles. The van der Waals surface area contributed by atoms with Crippen LogP contribution in [0.4, 0.5) is 0 Å². The summed E-state index contributed by atoms with van der Waals surface area (Å²) < 4.78 is 5.56. The third kappa shape index (κ3) is 2.92. The van der Waals surface area contributed by atoms with E-state index in [0.29, 0.717) is 11.5 Å². The fraction of sp³-hybridized carbons (Fsp3) is 0.409. The first-order chi connectivity index (χ1) is 12.1. The van der Waals surface area contributed by atoms with Gasteiger partial charge in [-0.2, -0.15) is 0 Å². The summed E-state index contributed by atoms with van der Waals surface area (Å²) in [5.74, 6) is 0.566. The second-order valence-electron chi connectivity index (χ2n) is 7.18. The molecule has 2 aliphatic rings. The van der Waals surface area contributed by atoms with E-state index < -0.39 is 0 Å². The number of phenols is 1. The maximum absolute atomic E-state index is 11.7. The number of ether oxygens (including phenoxy) is 1. The molecule has 0 saturated heterocycles. The van der Waals surface area contributed by atoms with Crippen LogP contribution in [0.5, 0.6) is 11.5 Å². The molecule has 0 fully saturated rings. The lowest BCUT2D eigenvalue weighted by atomic mass is 9.80. The highest BCUT2D eigenvalue weighted by Gasteiger charge is 2.25. The quantitative estimate of drug-likeness (QED) is 0.636. The van der Waals surface area contributed by atoms with Crippen molar-refractivity contribution in [2.75, 3.05) is 0 Å². The lowest BCUT2D eigenvalue weighted by molar-refractivity contribution is -0.131. The maximum atomic E-state index is 11.7. The maximum Gasteiger partial charge on any atom is 0.308 e. The molecule has 0 unspecified atom stereocenters. The fourth-order valence-corrected chi connectivity index (χ4v) is 4.42. The van der Waals surface area contributed by atoms with Gasteiger partial charge in [-0.1, -0.05) is 12.1 Å². The summed E-state index contributed by atoms with van der Waals surface area (Å²) in [5.41, 5.74) is 6.97. The van der Waals surface area contributed by atoms with Crippen LogP contribution >= 0.6 is 0 Å². The average Bonchev–Trinajstić information content (AvgIpc) is 2.62. The molecule has 4 rings (SSSR count). The summed E-state index contributed by atoms with van der Waals surface area (Å²) in [6.07, 6.45) is 8.73. The van der Waals surface area contributed by atoms with Crippen molar-refractivity contribution < 1.29 is 14.6 Å². The van der Waals surface area contributed by atoms with E-state index in [0.717, 1.165) is 49.7 Å². The van der Waals surface area contributed by atoms with Gasteiger partial charge in [0.1, 0.15) is 11.5 Å². The molecular formula is C22H24O3. The number of rotatable bonds is 2. The van der Waals surface area contributed by atoms with Gasteiger partial charge in [-0.3, -0.25) is 4.79 Å². The largest absolute Gasteiger partial charge is 0.507 e. The van der Waals surface area contributed by atoms with Gasteiger partial charge in [0, 0.05) is 18.1 Å². The fourth-order valence-electron chi connectivity index (χ4n) is 4.42. The molecule has 0 heterocycles. The summed E-state index contributed by atoms with van der Waals surface area (Å²) in [6, 6.07) is 7.85. The van der Waals surface area contributed by atoms with Gasteiger partial charge in [-0.05, 0) is 85.8 Å². The van der Waals surface area contributed by atoms with E-state index in [1.807, 2.05) is 12.1 Å². The Morgan fingerprint density at radius 3 is 2.04 bits per heavy atom. The van der Waals surface area contributed by atoms with Crippen LogP contribution in [0.1, 0.15) is 54.9 Å². The molecule has 1 N–H and O–H groups in total. The number of hydrogen-bond donors (Lipinski definition) is 1. The second-order valence-corrected chi connectivity index (χ2v) is 7.18. The highest BCUT2D eigenvalue weighted by atomic mass is 16.5. The number of phenolic OH excluding ortho intramolecular Hbond substituents is 1. The Balaban J connectivity index is 2.00. The Morgan fingerprint density at radius 1 is 0.840 bits per heavy atom. The topological polar surface area (TPSA) is 46.5 Å². The van der Waals surface area contributed by atoms with Crippen LogP contribution in [0.25, 0.3) is 11.1 Å². The summed E-state index contributed by atoms with van der Waals surface area (Å²) in [4.78, 5) is 11.7. The Labute approximate surface area is 148 Å². The number of aryl methyl sites for hydroxylation is 2. The van der Waals surface area contributed by atoms with Crippen LogP contribution in [-0.4, -0.2) is 11.1 Å². The van der Waals surface area contributed by atoms with Crippen molar-refractivity contribution in [2.45, 2.75) is 58.3 Å².